The molecule has 0 saturated carbocycles. The number of nitrogens with zero attached hydrogens (tertiary/aromatic N) is 1. The molecule has 5 nitrogen and oxygen atoms in total. The molecule has 1 atom stereocenters. The molecular formula is C23H27N3O2. The predicted octanol–water partition coefficient (Wildman–Crippen LogP) is 4.35. The molecule has 1 heterocycles. The number of hydrogen-bond acceptors (Lipinski definition) is 3. The molecule has 0 bridgehead atoms. The van der Waals surface area contributed by atoms with Crippen LogP contribution in [0.5, 0.6) is 0 Å². The summed E-state index contributed by atoms with van der Waals surface area (Å²) in [4.78, 5) is 25.0. The second-order valence-corrected chi connectivity index (χ2v) is 8.51. The summed E-state index contributed by atoms with van der Waals surface area (Å²) in [5, 5.41) is 10.5. The third-order valence-corrected chi connectivity index (χ3v) is 5.00. The highest BCUT2D eigenvalue weighted by molar-refractivity contribution is 6.04. The highest BCUT2D eigenvalue weighted by Crippen LogP contribution is 2.27. The van der Waals surface area contributed by atoms with Gasteiger partial charge in [0.25, 0.3) is 11.5 Å². The minimum atomic E-state index is -0.301. The van der Waals surface area contributed by atoms with Gasteiger partial charge in [0, 0.05) is 5.39 Å². The molecule has 1 aromatic heterocycles. The van der Waals surface area contributed by atoms with Gasteiger partial charge in [0.2, 0.25) is 0 Å². The van der Waals surface area contributed by atoms with Crippen LogP contribution in [0.4, 0.5) is 0 Å². The standard InChI is InChI=1S/C23H27N3O2/c1-14(2)19(15-10-12-16(13-11-15)23(3,4)5)24-22(28)20-17-8-6-7-9-18(17)21(27)26-25-20/h6-14,19H,1-5H3,(H,24,28)(H,26,27)/t19-/m0/s1. The number of hydrogen-bond donors (Lipinski definition) is 2. The van der Waals surface area contributed by atoms with Crippen molar-refractivity contribution in [2.45, 2.75) is 46.1 Å². The molecule has 0 spiro atoms. The van der Waals surface area contributed by atoms with Gasteiger partial charge in [-0.1, -0.05) is 77.1 Å². The summed E-state index contributed by atoms with van der Waals surface area (Å²) in [5.41, 5.74) is 2.30. The predicted molar refractivity (Wildman–Crippen MR) is 113 cm³/mol. The topological polar surface area (TPSA) is 74.8 Å². The summed E-state index contributed by atoms with van der Waals surface area (Å²) >= 11 is 0. The Morgan fingerprint density at radius 2 is 1.61 bits per heavy atom. The number of aromatic amines is 1. The minimum Gasteiger partial charge on any atom is -0.344 e. The molecule has 2 N–H and O–H groups in total. The third kappa shape index (κ3) is 3.98. The molecule has 3 aromatic rings. The van der Waals surface area contributed by atoms with E-state index in [1.165, 1.54) is 5.56 Å². The zero-order valence-corrected chi connectivity index (χ0v) is 17.0. The second-order valence-electron chi connectivity index (χ2n) is 8.51. The van der Waals surface area contributed by atoms with Crippen LogP contribution in [0.2, 0.25) is 0 Å². The van der Waals surface area contributed by atoms with Crippen LogP contribution in [0.25, 0.3) is 10.8 Å². The van der Waals surface area contributed by atoms with Gasteiger partial charge in [0.15, 0.2) is 5.69 Å². The maximum absolute atomic E-state index is 13.0. The SMILES string of the molecule is CC(C)[C@H](NC(=O)c1n[nH]c(=O)c2ccccc12)c1ccc(C(C)(C)C)cc1. The molecule has 0 radical (unpaired) electrons. The zero-order valence-electron chi connectivity index (χ0n) is 17.0. The van der Waals surface area contributed by atoms with Crippen LogP contribution in [0.1, 0.15) is 62.3 Å². The summed E-state index contributed by atoms with van der Waals surface area (Å²) < 4.78 is 0. The van der Waals surface area contributed by atoms with Crippen LogP contribution >= 0.6 is 0 Å². The molecule has 28 heavy (non-hydrogen) atoms. The van der Waals surface area contributed by atoms with Crippen molar-refractivity contribution >= 4 is 16.7 Å². The molecule has 1 amide bonds. The summed E-state index contributed by atoms with van der Waals surface area (Å²) in [6.07, 6.45) is 0. The fourth-order valence-electron chi connectivity index (χ4n) is 3.32. The number of benzene rings is 2. The van der Waals surface area contributed by atoms with E-state index in [-0.39, 0.29) is 34.5 Å². The average Bonchev–Trinajstić information content (AvgIpc) is 2.65. The maximum atomic E-state index is 13.0. The Hall–Kier alpha value is -2.95. The van der Waals surface area contributed by atoms with E-state index in [1.54, 1.807) is 24.3 Å². The van der Waals surface area contributed by atoms with Gasteiger partial charge in [-0.3, -0.25) is 9.59 Å². The van der Waals surface area contributed by atoms with Crippen molar-refractivity contribution in [3.63, 3.8) is 0 Å². The fourth-order valence-corrected chi connectivity index (χ4v) is 3.32. The number of fused-ring (bicyclic) bond motifs is 1. The first-order valence-corrected chi connectivity index (χ1v) is 9.57. The molecule has 5 heteroatoms. The number of carbonyl (C=O) groups excluding carboxylic acids is 1. The van der Waals surface area contributed by atoms with Crippen molar-refractivity contribution in [3.05, 3.63) is 75.7 Å². The van der Waals surface area contributed by atoms with E-state index >= 15 is 0 Å². The molecule has 3 rings (SSSR count). The molecular weight excluding hydrogens is 350 g/mol. The van der Waals surface area contributed by atoms with Gasteiger partial charge in [-0.15, -0.1) is 0 Å². The molecule has 0 aliphatic carbocycles. The lowest BCUT2D eigenvalue weighted by Gasteiger charge is -2.25. The van der Waals surface area contributed by atoms with E-state index in [4.69, 9.17) is 0 Å². The van der Waals surface area contributed by atoms with Crippen LogP contribution < -0.4 is 10.9 Å². The van der Waals surface area contributed by atoms with Crippen molar-refractivity contribution in [2.24, 2.45) is 5.92 Å². The molecule has 0 aliphatic rings. The lowest BCUT2D eigenvalue weighted by atomic mass is 9.85. The minimum absolute atomic E-state index is 0.0772. The first kappa shape index (κ1) is 19.8. The number of amides is 1. The summed E-state index contributed by atoms with van der Waals surface area (Å²) in [6.45, 7) is 10.7. The van der Waals surface area contributed by atoms with Crippen LogP contribution in [-0.2, 0) is 5.41 Å². The highest BCUT2D eigenvalue weighted by Gasteiger charge is 2.22. The summed E-state index contributed by atoms with van der Waals surface area (Å²) in [7, 11) is 0. The number of carbonyl (C=O) groups is 1. The van der Waals surface area contributed by atoms with E-state index in [0.29, 0.717) is 10.8 Å². The number of rotatable bonds is 4. The van der Waals surface area contributed by atoms with Crippen molar-refractivity contribution in [2.75, 3.05) is 0 Å². The number of nitrogens with one attached hydrogen (secondary N) is 2. The number of aromatic nitrogens is 2. The van der Waals surface area contributed by atoms with E-state index < -0.39 is 0 Å². The lowest BCUT2D eigenvalue weighted by molar-refractivity contribution is 0.0921. The van der Waals surface area contributed by atoms with E-state index in [1.807, 2.05) is 0 Å². The van der Waals surface area contributed by atoms with E-state index in [9.17, 15) is 9.59 Å². The van der Waals surface area contributed by atoms with E-state index in [2.05, 4.69) is 74.4 Å². The van der Waals surface area contributed by atoms with Crippen LogP contribution in [0.3, 0.4) is 0 Å². The van der Waals surface area contributed by atoms with Gasteiger partial charge >= 0.3 is 0 Å². The molecule has 0 saturated heterocycles. The molecule has 146 valence electrons. The average molecular weight is 377 g/mol. The van der Waals surface area contributed by atoms with Crippen LogP contribution in [-0.4, -0.2) is 16.1 Å². The molecule has 0 aliphatic heterocycles. The second kappa shape index (κ2) is 7.58. The normalized spacial score (nSPS) is 12.9. The lowest BCUT2D eigenvalue weighted by Crippen LogP contribution is -2.33. The van der Waals surface area contributed by atoms with Gasteiger partial charge in [0.1, 0.15) is 0 Å². The Bertz CT molecular complexity index is 1040. The van der Waals surface area contributed by atoms with Gasteiger partial charge in [-0.05, 0) is 28.5 Å². The monoisotopic (exact) mass is 377 g/mol. The van der Waals surface area contributed by atoms with Crippen molar-refractivity contribution in [1.29, 1.82) is 0 Å². The van der Waals surface area contributed by atoms with Gasteiger partial charge in [-0.25, -0.2) is 5.10 Å². The molecule has 0 fully saturated rings. The molecule has 2 aromatic carbocycles. The Kier molecular flexibility index (Phi) is 5.36. The zero-order chi connectivity index (χ0) is 20.5. The number of H-pyrrole nitrogens is 1. The van der Waals surface area contributed by atoms with Crippen molar-refractivity contribution < 1.29 is 4.79 Å². The van der Waals surface area contributed by atoms with E-state index in [0.717, 1.165) is 5.56 Å². The van der Waals surface area contributed by atoms with Crippen molar-refractivity contribution in [3.8, 4) is 0 Å². The third-order valence-electron chi connectivity index (χ3n) is 5.00. The quantitative estimate of drug-likeness (QED) is 0.710. The highest BCUT2D eigenvalue weighted by atomic mass is 16.2. The first-order chi connectivity index (χ1) is 13.2. The van der Waals surface area contributed by atoms with Crippen LogP contribution in [0, 0.1) is 5.92 Å². The van der Waals surface area contributed by atoms with Gasteiger partial charge in [-0.2, -0.15) is 5.10 Å². The summed E-state index contributed by atoms with van der Waals surface area (Å²) in [6, 6.07) is 15.2. The Labute approximate surface area is 165 Å². The van der Waals surface area contributed by atoms with Gasteiger partial charge < -0.3 is 5.32 Å². The fraction of sp³-hybridized carbons (Fsp3) is 0.348. The Morgan fingerprint density at radius 1 is 1.00 bits per heavy atom. The Balaban J connectivity index is 1.93. The van der Waals surface area contributed by atoms with Crippen LogP contribution in [0.15, 0.2) is 53.3 Å². The summed E-state index contributed by atoms with van der Waals surface area (Å²) in [5.74, 6) is -0.107. The molecule has 0 unspecified atom stereocenters. The smallest absolute Gasteiger partial charge is 0.272 e. The first-order valence-electron chi connectivity index (χ1n) is 9.57. The largest absolute Gasteiger partial charge is 0.344 e. The Morgan fingerprint density at radius 3 is 2.18 bits per heavy atom. The van der Waals surface area contributed by atoms with Crippen molar-refractivity contribution in [1.82, 2.24) is 15.5 Å². The maximum Gasteiger partial charge on any atom is 0.272 e. The van der Waals surface area contributed by atoms with Gasteiger partial charge in [0.05, 0.1) is 11.4 Å².